The summed E-state index contributed by atoms with van der Waals surface area (Å²) in [5.41, 5.74) is 0.919. The van der Waals surface area contributed by atoms with Crippen LogP contribution < -0.4 is 10.6 Å². The van der Waals surface area contributed by atoms with Crippen LogP contribution in [0.1, 0.15) is 65.4 Å². The normalized spacial score (nSPS) is 14.9. The molecule has 0 unspecified atom stereocenters. The number of esters is 1. The smallest absolute Gasteiger partial charge is 0.408 e. The Hall–Kier alpha value is -3.56. The number of hydrogen-bond donors (Lipinski definition) is 3. The van der Waals surface area contributed by atoms with Crippen LogP contribution in [-0.2, 0) is 30.3 Å². The number of aromatic amines is 1. The number of nitrogens with zero attached hydrogens (tertiary/aromatic N) is 1. The van der Waals surface area contributed by atoms with Gasteiger partial charge in [0.2, 0.25) is 11.8 Å². The number of H-pyrrole nitrogens is 1. The lowest BCUT2D eigenvalue weighted by Gasteiger charge is -2.29. The molecule has 10 nitrogen and oxygen atoms in total. The Morgan fingerprint density at radius 3 is 2.47 bits per heavy atom. The lowest BCUT2D eigenvalue weighted by Crippen LogP contribution is -2.54. The van der Waals surface area contributed by atoms with E-state index in [-0.39, 0.29) is 31.5 Å². The number of carbonyl (C=O) groups excluding carboxylic acids is 4. The largest absolute Gasteiger partial charge is 0.465 e. The minimum Gasteiger partial charge on any atom is -0.465 e. The number of benzene rings is 1. The summed E-state index contributed by atoms with van der Waals surface area (Å²) in [6, 6.07) is 6.60. The standard InChI is InChI=1S/C28H40N4O6/c1-5-37-25(34)18-32(17-24(33)30-20-11-7-6-8-12-20)26(35)23(31-27(36)38-28(2,3)4)15-19-16-29-22-14-10-9-13-21(19)22/h9-10,13-14,16,20,23,29H,5-8,11-12,15,17-18H2,1-4H3,(H,30,33)(H,31,36)/t23-/m0/s1. The molecule has 1 aliphatic rings. The fourth-order valence-electron chi connectivity index (χ4n) is 4.66. The first-order valence-corrected chi connectivity index (χ1v) is 13.3. The Bertz CT molecular complexity index is 1120. The third-order valence-electron chi connectivity index (χ3n) is 6.33. The number of aromatic nitrogens is 1. The number of fused-ring (bicyclic) bond motifs is 1. The van der Waals surface area contributed by atoms with Crippen LogP contribution in [0.5, 0.6) is 0 Å². The van der Waals surface area contributed by atoms with Crippen LogP contribution in [-0.4, -0.2) is 71.1 Å². The number of amides is 3. The molecule has 38 heavy (non-hydrogen) atoms. The van der Waals surface area contributed by atoms with E-state index >= 15 is 0 Å². The zero-order chi connectivity index (χ0) is 27.7. The van der Waals surface area contributed by atoms with Gasteiger partial charge in [-0.25, -0.2) is 4.79 Å². The number of alkyl carbamates (subject to hydrolysis) is 1. The van der Waals surface area contributed by atoms with Crippen molar-refractivity contribution in [3.63, 3.8) is 0 Å². The molecule has 0 saturated heterocycles. The predicted octanol–water partition coefficient (Wildman–Crippen LogP) is 3.44. The van der Waals surface area contributed by atoms with E-state index in [4.69, 9.17) is 9.47 Å². The molecule has 1 heterocycles. The van der Waals surface area contributed by atoms with Gasteiger partial charge >= 0.3 is 12.1 Å². The Morgan fingerprint density at radius 2 is 1.79 bits per heavy atom. The summed E-state index contributed by atoms with van der Waals surface area (Å²) in [5.74, 6) is -1.56. The highest BCUT2D eigenvalue weighted by atomic mass is 16.6. The molecule has 1 aliphatic carbocycles. The number of para-hydroxylation sites is 1. The molecule has 1 saturated carbocycles. The topological polar surface area (TPSA) is 130 Å². The van der Waals surface area contributed by atoms with Crippen molar-refractivity contribution < 1.29 is 28.7 Å². The van der Waals surface area contributed by atoms with Crippen LogP contribution in [0.2, 0.25) is 0 Å². The van der Waals surface area contributed by atoms with Crippen LogP contribution in [0.25, 0.3) is 10.9 Å². The number of ether oxygens (including phenoxy) is 2. The van der Waals surface area contributed by atoms with Crippen LogP contribution in [0.15, 0.2) is 30.5 Å². The van der Waals surface area contributed by atoms with Gasteiger partial charge in [-0.05, 0) is 52.2 Å². The van der Waals surface area contributed by atoms with E-state index in [1.807, 2.05) is 24.3 Å². The average Bonchev–Trinajstić information content (AvgIpc) is 3.25. The van der Waals surface area contributed by atoms with Crippen molar-refractivity contribution in [2.75, 3.05) is 19.7 Å². The molecule has 1 atom stereocenters. The summed E-state index contributed by atoms with van der Waals surface area (Å²) in [5, 5.41) is 6.56. The van der Waals surface area contributed by atoms with Crippen molar-refractivity contribution in [3.8, 4) is 0 Å². The van der Waals surface area contributed by atoms with Crippen molar-refractivity contribution >= 4 is 34.8 Å². The van der Waals surface area contributed by atoms with E-state index in [2.05, 4.69) is 15.6 Å². The van der Waals surface area contributed by atoms with Gasteiger partial charge in [0, 0.05) is 29.6 Å². The van der Waals surface area contributed by atoms with Gasteiger partial charge in [-0.3, -0.25) is 14.4 Å². The van der Waals surface area contributed by atoms with Gasteiger partial charge in [-0.15, -0.1) is 0 Å². The average molecular weight is 529 g/mol. The van der Waals surface area contributed by atoms with E-state index in [0.717, 1.165) is 53.5 Å². The highest BCUT2D eigenvalue weighted by Crippen LogP contribution is 2.21. The van der Waals surface area contributed by atoms with Crippen molar-refractivity contribution in [2.24, 2.45) is 0 Å². The molecule has 0 spiro atoms. The number of rotatable bonds is 10. The second kappa shape index (κ2) is 13.3. The first-order valence-electron chi connectivity index (χ1n) is 13.3. The van der Waals surface area contributed by atoms with E-state index in [9.17, 15) is 19.2 Å². The molecule has 3 N–H and O–H groups in total. The van der Waals surface area contributed by atoms with Gasteiger partial charge < -0.3 is 30.0 Å². The van der Waals surface area contributed by atoms with Gasteiger partial charge in [0.05, 0.1) is 6.61 Å². The third kappa shape index (κ3) is 8.78. The van der Waals surface area contributed by atoms with E-state index in [1.54, 1.807) is 33.9 Å². The monoisotopic (exact) mass is 528 g/mol. The second-order valence-electron chi connectivity index (χ2n) is 10.7. The lowest BCUT2D eigenvalue weighted by atomic mass is 9.95. The first kappa shape index (κ1) is 29.0. The lowest BCUT2D eigenvalue weighted by molar-refractivity contribution is -0.150. The molecule has 2 aromatic rings. The molecule has 1 aromatic heterocycles. The third-order valence-corrected chi connectivity index (χ3v) is 6.33. The summed E-state index contributed by atoms with van der Waals surface area (Å²) < 4.78 is 10.5. The van der Waals surface area contributed by atoms with Crippen LogP contribution in [0.4, 0.5) is 4.79 Å². The van der Waals surface area contributed by atoms with Gasteiger partial charge in [0.15, 0.2) is 0 Å². The number of hydrogen-bond acceptors (Lipinski definition) is 6. The molecule has 1 fully saturated rings. The molecule has 0 radical (unpaired) electrons. The fourth-order valence-corrected chi connectivity index (χ4v) is 4.66. The minimum atomic E-state index is -1.08. The van der Waals surface area contributed by atoms with Crippen molar-refractivity contribution in [1.82, 2.24) is 20.5 Å². The first-order chi connectivity index (χ1) is 18.1. The number of carbonyl (C=O) groups is 4. The molecular weight excluding hydrogens is 488 g/mol. The Morgan fingerprint density at radius 1 is 1.08 bits per heavy atom. The summed E-state index contributed by atoms with van der Waals surface area (Å²) in [4.78, 5) is 56.2. The molecule has 10 heteroatoms. The Labute approximate surface area is 223 Å². The Balaban J connectivity index is 1.84. The van der Waals surface area contributed by atoms with Crippen LogP contribution in [0.3, 0.4) is 0 Å². The zero-order valence-corrected chi connectivity index (χ0v) is 22.8. The van der Waals surface area contributed by atoms with E-state index < -0.39 is 36.2 Å². The fraction of sp³-hybridized carbons (Fsp3) is 0.571. The molecule has 0 aliphatic heterocycles. The van der Waals surface area contributed by atoms with E-state index in [0.29, 0.717) is 0 Å². The molecule has 3 amide bonds. The van der Waals surface area contributed by atoms with Crippen molar-refractivity contribution in [2.45, 2.75) is 83.9 Å². The molecular formula is C28H40N4O6. The molecule has 0 bridgehead atoms. The highest BCUT2D eigenvalue weighted by molar-refractivity contribution is 5.93. The predicted molar refractivity (Wildman–Crippen MR) is 143 cm³/mol. The van der Waals surface area contributed by atoms with Crippen LogP contribution in [0, 0.1) is 0 Å². The quantitative estimate of drug-likeness (QED) is 0.405. The number of nitrogens with one attached hydrogen (secondary N) is 3. The van der Waals surface area contributed by atoms with Gasteiger partial charge in [0.25, 0.3) is 0 Å². The molecule has 3 rings (SSSR count). The van der Waals surface area contributed by atoms with Crippen molar-refractivity contribution in [1.29, 1.82) is 0 Å². The minimum absolute atomic E-state index is 0.0534. The molecule has 1 aromatic carbocycles. The van der Waals surface area contributed by atoms with Gasteiger partial charge in [0.1, 0.15) is 24.7 Å². The van der Waals surface area contributed by atoms with Gasteiger partial charge in [-0.1, -0.05) is 37.5 Å². The zero-order valence-electron chi connectivity index (χ0n) is 22.8. The van der Waals surface area contributed by atoms with Crippen molar-refractivity contribution in [3.05, 3.63) is 36.0 Å². The van der Waals surface area contributed by atoms with Crippen LogP contribution >= 0.6 is 0 Å². The molecule has 208 valence electrons. The SMILES string of the molecule is CCOC(=O)CN(CC(=O)NC1CCCCC1)C(=O)[C@H](Cc1c[nH]c2ccccc12)NC(=O)OC(C)(C)C. The summed E-state index contributed by atoms with van der Waals surface area (Å²) in [6.45, 7) is 6.26. The maximum absolute atomic E-state index is 13.8. The summed E-state index contributed by atoms with van der Waals surface area (Å²) in [7, 11) is 0. The van der Waals surface area contributed by atoms with E-state index in [1.165, 1.54) is 0 Å². The highest BCUT2D eigenvalue weighted by Gasteiger charge is 2.32. The Kier molecular flexibility index (Phi) is 10.2. The maximum atomic E-state index is 13.8. The maximum Gasteiger partial charge on any atom is 0.408 e. The second-order valence-corrected chi connectivity index (χ2v) is 10.7. The summed E-state index contributed by atoms with van der Waals surface area (Å²) in [6.07, 6.45) is 6.16. The van der Waals surface area contributed by atoms with Gasteiger partial charge in [-0.2, -0.15) is 0 Å². The summed E-state index contributed by atoms with van der Waals surface area (Å²) >= 11 is 0.